The number of nitrogens with zero attached hydrogens (tertiary/aromatic N) is 2. The highest BCUT2D eigenvalue weighted by Gasteiger charge is 2.17. The van der Waals surface area contributed by atoms with Crippen molar-refractivity contribution in [3.05, 3.63) is 69.4 Å². The summed E-state index contributed by atoms with van der Waals surface area (Å²) in [7, 11) is 0. The lowest BCUT2D eigenvalue weighted by molar-refractivity contribution is 0.0357. The van der Waals surface area contributed by atoms with Crippen molar-refractivity contribution in [1.29, 1.82) is 0 Å². The zero-order chi connectivity index (χ0) is 22.5. The summed E-state index contributed by atoms with van der Waals surface area (Å²) < 4.78 is 10.9. The number of nitrogens with one attached hydrogen (secondary N) is 2. The average Bonchev–Trinajstić information content (AvgIpc) is 3.30. The molecule has 32 heavy (non-hydrogen) atoms. The maximum atomic E-state index is 12.9. The number of hydrogen-bond donors (Lipinski definition) is 2. The normalized spacial score (nSPS) is 14.6. The highest BCUT2D eigenvalue weighted by Crippen LogP contribution is 2.18. The van der Waals surface area contributed by atoms with E-state index >= 15 is 0 Å². The lowest BCUT2D eigenvalue weighted by Crippen LogP contribution is -2.46. The van der Waals surface area contributed by atoms with Gasteiger partial charge in [0.1, 0.15) is 5.76 Å². The number of thiocarbonyl (C=S) groups is 1. The molecular formula is C24H30N4O3S. The van der Waals surface area contributed by atoms with Gasteiger partial charge in [-0.05, 0) is 61.3 Å². The molecule has 3 aromatic rings. The van der Waals surface area contributed by atoms with Crippen molar-refractivity contribution in [1.82, 2.24) is 20.1 Å². The number of furan rings is 1. The first kappa shape index (κ1) is 22.5. The van der Waals surface area contributed by atoms with E-state index in [4.69, 9.17) is 21.4 Å². The van der Waals surface area contributed by atoms with Gasteiger partial charge in [-0.2, -0.15) is 0 Å². The molecular weight excluding hydrogens is 424 g/mol. The Morgan fingerprint density at radius 3 is 2.81 bits per heavy atom. The zero-order valence-electron chi connectivity index (χ0n) is 18.6. The van der Waals surface area contributed by atoms with Crippen LogP contribution in [-0.4, -0.2) is 59.3 Å². The summed E-state index contributed by atoms with van der Waals surface area (Å²) >= 11 is 5.71. The highest BCUT2D eigenvalue weighted by atomic mass is 32.1. The number of H-pyrrole nitrogens is 1. The van der Waals surface area contributed by atoms with Crippen LogP contribution in [0.4, 0.5) is 0 Å². The monoisotopic (exact) mass is 454 g/mol. The number of aromatic nitrogens is 1. The number of hydrogen-bond acceptors (Lipinski definition) is 5. The van der Waals surface area contributed by atoms with Gasteiger partial charge in [-0.25, -0.2) is 0 Å². The van der Waals surface area contributed by atoms with E-state index in [0.717, 1.165) is 55.1 Å². The molecule has 0 aliphatic carbocycles. The quantitative estimate of drug-likeness (QED) is 0.532. The number of morpholine rings is 1. The molecule has 0 spiro atoms. The third-order valence-electron chi connectivity index (χ3n) is 5.80. The van der Waals surface area contributed by atoms with Crippen LogP contribution < -0.4 is 10.9 Å². The Bertz CT molecular complexity index is 1120. The van der Waals surface area contributed by atoms with E-state index in [-0.39, 0.29) is 5.56 Å². The predicted octanol–water partition coefficient (Wildman–Crippen LogP) is 2.95. The SMILES string of the molecule is Cc1cc(C)c2[nH]c(=O)c(CN(CCN3CCOCC3)C(=S)NCc3ccco3)cc2c1. The molecule has 0 atom stereocenters. The molecule has 1 aromatic carbocycles. The van der Waals surface area contributed by atoms with E-state index in [2.05, 4.69) is 39.2 Å². The number of ether oxygens (including phenoxy) is 1. The molecule has 2 N–H and O–H groups in total. The average molecular weight is 455 g/mol. The van der Waals surface area contributed by atoms with E-state index in [1.165, 1.54) is 5.56 Å². The molecule has 0 saturated carbocycles. The summed E-state index contributed by atoms with van der Waals surface area (Å²) in [5, 5.41) is 4.92. The fourth-order valence-corrected chi connectivity index (χ4v) is 4.31. The smallest absolute Gasteiger partial charge is 0.253 e. The van der Waals surface area contributed by atoms with Crippen LogP contribution in [0.3, 0.4) is 0 Å². The zero-order valence-corrected chi connectivity index (χ0v) is 19.5. The third-order valence-corrected chi connectivity index (χ3v) is 6.21. The Labute approximate surface area is 193 Å². The number of rotatable bonds is 7. The molecule has 7 nitrogen and oxygen atoms in total. The van der Waals surface area contributed by atoms with Gasteiger partial charge in [-0.1, -0.05) is 11.6 Å². The van der Waals surface area contributed by atoms with Crippen molar-refractivity contribution in [2.75, 3.05) is 39.4 Å². The van der Waals surface area contributed by atoms with Gasteiger partial charge in [0.05, 0.1) is 38.1 Å². The molecule has 1 aliphatic heterocycles. The van der Waals surface area contributed by atoms with Gasteiger partial charge in [0.25, 0.3) is 5.56 Å². The summed E-state index contributed by atoms with van der Waals surface area (Å²) in [5.74, 6) is 0.815. The van der Waals surface area contributed by atoms with E-state index in [1.807, 2.05) is 25.1 Å². The van der Waals surface area contributed by atoms with Crippen molar-refractivity contribution in [3.8, 4) is 0 Å². The number of fused-ring (bicyclic) bond motifs is 1. The van der Waals surface area contributed by atoms with Crippen molar-refractivity contribution >= 4 is 28.2 Å². The third kappa shape index (κ3) is 5.56. The minimum absolute atomic E-state index is 0.0744. The maximum absolute atomic E-state index is 12.9. The van der Waals surface area contributed by atoms with Crippen LogP contribution in [0.1, 0.15) is 22.5 Å². The molecule has 1 aliphatic rings. The first-order chi connectivity index (χ1) is 15.5. The van der Waals surface area contributed by atoms with Crippen molar-refractivity contribution in [2.45, 2.75) is 26.9 Å². The fraction of sp³-hybridized carbons (Fsp3) is 0.417. The molecule has 4 rings (SSSR count). The van der Waals surface area contributed by atoms with Crippen molar-refractivity contribution in [3.63, 3.8) is 0 Å². The molecule has 1 fully saturated rings. The molecule has 0 radical (unpaired) electrons. The second-order valence-corrected chi connectivity index (χ2v) is 8.67. The lowest BCUT2D eigenvalue weighted by Gasteiger charge is -2.31. The Morgan fingerprint density at radius 1 is 1.25 bits per heavy atom. The van der Waals surface area contributed by atoms with Gasteiger partial charge >= 0.3 is 0 Å². The molecule has 8 heteroatoms. The minimum Gasteiger partial charge on any atom is -0.467 e. The molecule has 0 unspecified atom stereocenters. The van der Waals surface area contributed by atoms with Crippen LogP contribution in [0.5, 0.6) is 0 Å². The Kier molecular flexibility index (Phi) is 7.24. The van der Waals surface area contributed by atoms with Gasteiger partial charge in [-0.15, -0.1) is 0 Å². The van der Waals surface area contributed by atoms with Gasteiger partial charge in [-0.3, -0.25) is 9.69 Å². The van der Waals surface area contributed by atoms with E-state index in [1.54, 1.807) is 6.26 Å². The Balaban J connectivity index is 1.53. The topological polar surface area (TPSA) is 73.7 Å². The first-order valence-electron chi connectivity index (χ1n) is 11.0. The number of aryl methyl sites for hydroxylation is 2. The van der Waals surface area contributed by atoms with Gasteiger partial charge in [0.15, 0.2) is 5.11 Å². The molecule has 3 heterocycles. The van der Waals surface area contributed by atoms with Crippen molar-refractivity contribution < 1.29 is 9.15 Å². The van der Waals surface area contributed by atoms with Crippen molar-refractivity contribution in [2.24, 2.45) is 0 Å². The molecule has 2 aromatic heterocycles. The fourth-order valence-electron chi connectivity index (χ4n) is 4.08. The van der Waals surface area contributed by atoms with E-state index < -0.39 is 0 Å². The van der Waals surface area contributed by atoms with Crippen LogP contribution in [0.15, 0.2) is 45.8 Å². The Morgan fingerprint density at radius 2 is 2.06 bits per heavy atom. The molecule has 170 valence electrons. The van der Waals surface area contributed by atoms with Gasteiger partial charge < -0.3 is 24.4 Å². The summed E-state index contributed by atoms with van der Waals surface area (Å²) in [4.78, 5) is 20.4. The number of aromatic amines is 1. The van der Waals surface area contributed by atoms with Crippen LogP contribution >= 0.6 is 12.2 Å². The number of pyridine rings is 1. The number of benzene rings is 1. The Hall–Kier alpha value is -2.68. The summed E-state index contributed by atoms with van der Waals surface area (Å²) in [6.07, 6.45) is 1.65. The lowest BCUT2D eigenvalue weighted by atomic mass is 10.1. The van der Waals surface area contributed by atoms with Crippen LogP contribution in [0.25, 0.3) is 10.9 Å². The largest absolute Gasteiger partial charge is 0.467 e. The predicted molar refractivity (Wildman–Crippen MR) is 130 cm³/mol. The van der Waals surface area contributed by atoms with E-state index in [9.17, 15) is 4.79 Å². The van der Waals surface area contributed by atoms with Crippen LogP contribution in [0, 0.1) is 13.8 Å². The molecule has 0 bridgehead atoms. The summed E-state index contributed by atoms with van der Waals surface area (Å²) in [6, 6.07) is 9.94. The van der Waals surface area contributed by atoms with E-state index in [0.29, 0.717) is 30.3 Å². The van der Waals surface area contributed by atoms with Crippen LogP contribution in [0.2, 0.25) is 0 Å². The minimum atomic E-state index is -0.0744. The summed E-state index contributed by atoms with van der Waals surface area (Å²) in [5.41, 5.74) is 3.76. The molecule has 0 amide bonds. The maximum Gasteiger partial charge on any atom is 0.253 e. The second-order valence-electron chi connectivity index (χ2n) is 8.28. The second kappa shape index (κ2) is 10.3. The van der Waals surface area contributed by atoms with Crippen LogP contribution in [-0.2, 0) is 17.8 Å². The standard InChI is InChI=1S/C24H30N4O3S/c1-17-12-18(2)22-19(13-17)14-20(23(29)26-22)16-28(6-5-27-7-10-30-11-8-27)24(32)25-15-21-4-3-9-31-21/h3-4,9,12-14H,5-8,10-11,15-16H2,1-2H3,(H,25,32)(H,26,29). The highest BCUT2D eigenvalue weighted by molar-refractivity contribution is 7.80. The van der Waals surface area contributed by atoms with Gasteiger partial charge in [0, 0.05) is 31.7 Å². The summed E-state index contributed by atoms with van der Waals surface area (Å²) in [6.45, 7) is 9.94. The molecule has 1 saturated heterocycles. The first-order valence-corrected chi connectivity index (χ1v) is 11.4. The van der Waals surface area contributed by atoms with Gasteiger partial charge in [0.2, 0.25) is 0 Å².